The maximum Gasteiger partial charge on any atom is 0.318 e. The fraction of sp³-hybridized carbons (Fsp3) is 0.438. The van der Waals surface area contributed by atoms with Crippen LogP contribution < -0.4 is 5.32 Å². The smallest absolute Gasteiger partial charge is 0.318 e. The first-order chi connectivity index (χ1) is 11.5. The van der Waals surface area contributed by atoms with E-state index in [1.807, 2.05) is 14.0 Å². The number of carbonyl (C=O) groups excluding carboxylic acids is 1. The van der Waals surface area contributed by atoms with Crippen LogP contribution in [0.15, 0.2) is 30.6 Å². The van der Waals surface area contributed by atoms with Crippen molar-refractivity contribution in [2.24, 2.45) is 7.05 Å². The number of rotatable bonds is 3. The third kappa shape index (κ3) is 3.53. The Morgan fingerprint density at radius 1 is 1.42 bits per heavy atom. The van der Waals surface area contributed by atoms with E-state index in [4.69, 9.17) is 4.74 Å². The Balaban J connectivity index is 1.62. The highest BCUT2D eigenvalue weighted by atomic mass is 19.1. The number of hydrogen-bond acceptors (Lipinski definition) is 4. The third-order valence-corrected chi connectivity index (χ3v) is 4.07. The van der Waals surface area contributed by atoms with E-state index in [1.54, 1.807) is 27.9 Å². The van der Waals surface area contributed by atoms with Gasteiger partial charge in [0.25, 0.3) is 0 Å². The van der Waals surface area contributed by atoms with E-state index in [2.05, 4.69) is 15.5 Å². The second kappa shape index (κ2) is 6.96. The minimum absolute atomic E-state index is 0.180. The van der Waals surface area contributed by atoms with E-state index >= 15 is 0 Å². The summed E-state index contributed by atoms with van der Waals surface area (Å²) >= 11 is 0. The lowest BCUT2D eigenvalue weighted by atomic mass is 10.1. The van der Waals surface area contributed by atoms with Gasteiger partial charge in [-0.1, -0.05) is 12.1 Å². The number of nitrogens with zero attached hydrogens (tertiary/aromatic N) is 4. The molecule has 1 N–H and O–H groups in total. The van der Waals surface area contributed by atoms with Crippen molar-refractivity contribution in [1.29, 1.82) is 0 Å². The first-order valence-corrected chi connectivity index (χ1v) is 7.81. The molecule has 2 amide bonds. The molecule has 1 aliphatic rings. The fourth-order valence-electron chi connectivity index (χ4n) is 2.74. The lowest BCUT2D eigenvalue weighted by Gasteiger charge is -2.33. The zero-order valence-electron chi connectivity index (χ0n) is 13.6. The van der Waals surface area contributed by atoms with Crippen LogP contribution in [0.5, 0.6) is 0 Å². The number of ether oxygens (including phenoxy) is 1. The Hall–Kier alpha value is -2.48. The lowest BCUT2D eigenvalue weighted by molar-refractivity contribution is -0.0158. The van der Waals surface area contributed by atoms with E-state index in [0.717, 1.165) is 5.56 Å². The lowest BCUT2D eigenvalue weighted by Crippen LogP contribution is -2.47. The van der Waals surface area contributed by atoms with Crippen LogP contribution in [-0.4, -0.2) is 45.4 Å². The number of halogens is 1. The van der Waals surface area contributed by atoms with Crippen LogP contribution in [0.3, 0.4) is 0 Å². The molecule has 1 fully saturated rings. The summed E-state index contributed by atoms with van der Waals surface area (Å²) in [5, 5.41) is 10.7. The summed E-state index contributed by atoms with van der Waals surface area (Å²) in [5.41, 5.74) is 0.857. The van der Waals surface area contributed by atoms with Crippen LogP contribution in [-0.2, 0) is 11.8 Å². The molecule has 1 aliphatic heterocycles. The minimum Gasteiger partial charge on any atom is -0.370 e. The minimum atomic E-state index is -0.290. The largest absolute Gasteiger partial charge is 0.370 e. The van der Waals surface area contributed by atoms with Gasteiger partial charge in [-0.3, -0.25) is 0 Å². The second-order valence-corrected chi connectivity index (χ2v) is 5.83. The maximum absolute atomic E-state index is 13.0. The van der Waals surface area contributed by atoms with Crippen molar-refractivity contribution in [3.05, 3.63) is 47.8 Å². The summed E-state index contributed by atoms with van der Waals surface area (Å²) in [5.74, 6) is 0.397. The molecule has 0 aliphatic carbocycles. The number of aryl methyl sites for hydroxylation is 1. The average molecular weight is 333 g/mol. The van der Waals surface area contributed by atoms with E-state index in [1.165, 1.54) is 12.1 Å². The first-order valence-electron chi connectivity index (χ1n) is 7.81. The number of benzene rings is 1. The highest BCUT2D eigenvalue weighted by molar-refractivity contribution is 5.74. The van der Waals surface area contributed by atoms with Crippen molar-refractivity contribution in [3.8, 4) is 0 Å². The Morgan fingerprint density at radius 3 is 2.83 bits per heavy atom. The van der Waals surface area contributed by atoms with Crippen LogP contribution in [0.4, 0.5) is 9.18 Å². The number of carbonyl (C=O) groups is 1. The van der Waals surface area contributed by atoms with Gasteiger partial charge in [0, 0.05) is 13.6 Å². The summed E-state index contributed by atoms with van der Waals surface area (Å²) in [7, 11) is 1.83. The molecule has 0 saturated carbocycles. The van der Waals surface area contributed by atoms with Crippen molar-refractivity contribution in [2.75, 3.05) is 19.7 Å². The molecule has 0 unspecified atom stereocenters. The highest BCUT2D eigenvalue weighted by Crippen LogP contribution is 2.22. The molecule has 7 nitrogen and oxygen atoms in total. The molecule has 0 spiro atoms. The van der Waals surface area contributed by atoms with Crippen molar-refractivity contribution < 1.29 is 13.9 Å². The summed E-state index contributed by atoms with van der Waals surface area (Å²) in [6.07, 6.45) is 1.34. The van der Waals surface area contributed by atoms with Crippen LogP contribution in [0, 0.1) is 5.82 Å². The molecule has 1 saturated heterocycles. The molecule has 3 rings (SSSR count). The standard InChI is InChI=1S/C16H20FN5O2/c1-11(15-20-18-10-21(15)2)19-16(23)22-7-8-24-14(9-22)12-3-5-13(17)6-4-12/h3-6,10-11,14H,7-9H2,1-2H3,(H,19,23)/t11-,14+/m0/s1. The monoisotopic (exact) mass is 333 g/mol. The molecule has 1 aromatic heterocycles. The van der Waals surface area contributed by atoms with Crippen LogP contribution in [0.1, 0.15) is 30.5 Å². The van der Waals surface area contributed by atoms with Gasteiger partial charge in [0.05, 0.1) is 19.2 Å². The van der Waals surface area contributed by atoms with Gasteiger partial charge in [-0.05, 0) is 24.6 Å². The number of urea groups is 1. The highest BCUT2D eigenvalue weighted by Gasteiger charge is 2.27. The van der Waals surface area contributed by atoms with Crippen molar-refractivity contribution in [3.63, 3.8) is 0 Å². The number of amides is 2. The van der Waals surface area contributed by atoms with Gasteiger partial charge >= 0.3 is 6.03 Å². The van der Waals surface area contributed by atoms with Gasteiger partial charge in [-0.25, -0.2) is 9.18 Å². The van der Waals surface area contributed by atoms with E-state index < -0.39 is 0 Å². The molecule has 2 aromatic rings. The topological polar surface area (TPSA) is 72.3 Å². The first kappa shape index (κ1) is 16.4. The second-order valence-electron chi connectivity index (χ2n) is 5.83. The predicted molar refractivity (Wildman–Crippen MR) is 84.6 cm³/mol. The normalized spacial score (nSPS) is 19.1. The zero-order valence-corrected chi connectivity index (χ0v) is 13.6. The predicted octanol–water partition coefficient (Wildman–Crippen LogP) is 1.80. The summed E-state index contributed by atoms with van der Waals surface area (Å²) in [6.45, 7) is 3.23. The van der Waals surface area contributed by atoms with E-state index in [-0.39, 0.29) is 24.0 Å². The summed E-state index contributed by atoms with van der Waals surface area (Å²) in [6, 6.07) is 5.73. The average Bonchev–Trinajstić information content (AvgIpc) is 3.02. The Labute approximate surface area is 139 Å². The van der Waals surface area contributed by atoms with E-state index in [9.17, 15) is 9.18 Å². The van der Waals surface area contributed by atoms with Crippen molar-refractivity contribution >= 4 is 6.03 Å². The Bertz CT molecular complexity index is 703. The molecular weight excluding hydrogens is 313 g/mol. The molecular formula is C16H20FN5O2. The SMILES string of the molecule is C[C@H](NC(=O)N1CCO[C@@H](c2ccc(F)cc2)C1)c1nncn1C. The fourth-order valence-corrected chi connectivity index (χ4v) is 2.74. The van der Waals surface area contributed by atoms with Gasteiger partial charge < -0.3 is 19.5 Å². The Morgan fingerprint density at radius 2 is 2.17 bits per heavy atom. The quantitative estimate of drug-likeness (QED) is 0.930. The van der Waals surface area contributed by atoms with Gasteiger partial charge in [0.2, 0.25) is 0 Å². The summed E-state index contributed by atoms with van der Waals surface area (Å²) in [4.78, 5) is 14.2. The zero-order chi connectivity index (χ0) is 17.1. The number of nitrogens with one attached hydrogen (secondary N) is 1. The number of morpholine rings is 1. The van der Waals surface area contributed by atoms with Crippen LogP contribution in [0.25, 0.3) is 0 Å². The molecule has 0 bridgehead atoms. The molecule has 1 aromatic carbocycles. The molecule has 24 heavy (non-hydrogen) atoms. The van der Waals surface area contributed by atoms with Crippen LogP contribution >= 0.6 is 0 Å². The van der Waals surface area contributed by atoms with Gasteiger partial charge in [0.1, 0.15) is 18.2 Å². The van der Waals surface area contributed by atoms with Gasteiger partial charge in [0.15, 0.2) is 5.82 Å². The van der Waals surface area contributed by atoms with Crippen molar-refractivity contribution in [1.82, 2.24) is 25.0 Å². The van der Waals surface area contributed by atoms with Gasteiger partial charge in [-0.15, -0.1) is 10.2 Å². The molecule has 2 heterocycles. The van der Waals surface area contributed by atoms with Gasteiger partial charge in [-0.2, -0.15) is 0 Å². The van der Waals surface area contributed by atoms with Crippen molar-refractivity contribution in [2.45, 2.75) is 19.1 Å². The maximum atomic E-state index is 13.0. The molecule has 8 heteroatoms. The number of hydrogen-bond donors (Lipinski definition) is 1. The Kier molecular flexibility index (Phi) is 4.75. The molecule has 2 atom stereocenters. The van der Waals surface area contributed by atoms with E-state index in [0.29, 0.717) is 25.5 Å². The summed E-state index contributed by atoms with van der Waals surface area (Å²) < 4.78 is 20.5. The van der Waals surface area contributed by atoms with Crippen LogP contribution in [0.2, 0.25) is 0 Å². The molecule has 128 valence electrons. The number of aromatic nitrogens is 3. The third-order valence-electron chi connectivity index (χ3n) is 4.07. The molecule has 0 radical (unpaired) electrons.